The van der Waals surface area contributed by atoms with Gasteiger partial charge in [0, 0.05) is 5.56 Å². The minimum Gasteiger partial charge on any atom is -0.456 e. The van der Waals surface area contributed by atoms with E-state index in [1.54, 1.807) is 30.3 Å². The third kappa shape index (κ3) is 3.56. The van der Waals surface area contributed by atoms with Gasteiger partial charge >= 0.3 is 11.7 Å². The Bertz CT molecular complexity index is 1080. The minimum absolute atomic E-state index is 0.249. The summed E-state index contributed by atoms with van der Waals surface area (Å²) in [5, 5.41) is 0. The molecule has 0 spiro atoms. The number of ether oxygens (including phenoxy) is 1. The third-order valence-corrected chi connectivity index (χ3v) is 4.90. The van der Waals surface area contributed by atoms with Crippen molar-refractivity contribution in [3.8, 4) is 0 Å². The highest BCUT2D eigenvalue weighted by Gasteiger charge is 2.16. The fourth-order valence-corrected chi connectivity index (χ4v) is 3.47. The number of rotatable bonds is 5. The van der Waals surface area contributed by atoms with Crippen LogP contribution in [0.1, 0.15) is 34.3 Å². The monoisotopic (exact) mass is 365 g/mol. The normalized spacial score (nSPS) is 13.3. The van der Waals surface area contributed by atoms with Crippen LogP contribution < -0.4 is 5.76 Å². The van der Waals surface area contributed by atoms with Crippen molar-refractivity contribution in [3.63, 3.8) is 0 Å². The molecule has 2 aromatic carbocycles. The average molecular weight is 365 g/mol. The lowest BCUT2D eigenvalue weighted by atomic mass is 9.90. The van der Waals surface area contributed by atoms with E-state index in [4.69, 9.17) is 9.15 Å². The number of Topliss-reactive ketones (excluding diaryl/α,β-unsaturated/α-hetero) is 1. The Kier molecular flexibility index (Phi) is 4.62. The maximum atomic E-state index is 12.4. The number of hydrogen-bond acceptors (Lipinski definition) is 5. The van der Waals surface area contributed by atoms with Gasteiger partial charge in [-0.25, -0.2) is 4.79 Å². The molecule has 0 saturated carbocycles. The van der Waals surface area contributed by atoms with Crippen molar-refractivity contribution in [2.75, 3.05) is 6.61 Å². The molecule has 0 saturated heterocycles. The van der Waals surface area contributed by atoms with Crippen LogP contribution in [0.4, 0.5) is 0 Å². The molecule has 6 nitrogen and oxygen atoms in total. The van der Waals surface area contributed by atoms with Crippen LogP contribution in [0.15, 0.2) is 51.7 Å². The molecule has 1 aliphatic rings. The zero-order chi connectivity index (χ0) is 18.8. The van der Waals surface area contributed by atoms with Crippen LogP contribution in [0.2, 0.25) is 0 Å². The molecule has 1 aromatic heterocycles. The van der Waals surface area contributed by atoms with Crippen LogP contribution in [-0.4, -0.2) is 22.9 Å². The van der Waals surface area contributed by atoms with E-state index in [0.717, 1.165) is 19.3 Å². The molecule has 0 fully saturated rings. The first-order valence-electron chi connectivity index (χ1n) is 9.01. The standard InChI is InChI=1S/C21H19NO5/c23-18(16-10-9-14-5-1-2-6-15(14)11-16)13-26-20(24)12-22-17-7-3-4-8-19(17)27-21(22)25/h3-4,7-11H,1-2,5-6,12-13H2. The van der Waals surface area contributed by atoms with E-state index in [1.165, 1.54) is 22.1 Å². The molecule has 138 valence electrons. The van der Waals surface area contributed by atoms with Gasteiger partial charge in [0.25, 0.3) is 0 Å². The SMILES string of the molecule is O=C(Cn1c(=O)oc2ccccc21)OCC(=O)c1ccc2c(c1)CCCC2. The van der Waals surface area contributed by atoms with Gasteiger partial charge in [0.2, 0.25) is 0 Å². The van der Waals surface area contributed by atoms with Crippen molar-refractivity contribution < 1.29 is 18.7 Å². The van der Waals surface area contributed by atoms with Crippen molar-refractivity contribution in [2.45, 2.75) is 32.2 Å². The van der Waals surface area contributed by atoms with E-state index >= 15 is 0 Å². The van der Waals surface area contributed by atoms with Crippen LogP contribution in [0.5, 0.6) is 0 Å². The van der Waals surface area contributed by atoms with Crippen LogP contribution in [0, 0.1) is 0 Å². The van der Waals surface area contributed by atoms with Crippen molar-refractivity contribution in [3.05, 3.63) is 69.7 Å². The Morgan fingerprint density at radius 2 is 1.81 bits per heavy atom. The molecule has 1 aliphatic carbocycles. The van der Waals surface area contributed by atoms with Gasteiger partial charge in [-0.1, -0.05) is 24.3 Å². The second kappa shape index (κ2) is 7.23. The summed E-state index contributed by atoms with van der Waals surface area (Å²) in [5.74, 6) is -1.54. The highest BCUT2D eigenvalue weighted by atomic mass is 16.5. The number of esters is 1. The Labute approximate surface area is 155 Å². The summed E-state index contributed by atoms with van der Waals surface area (Å²) in [6.07, 6.45) is 4.34. The van der Waals surface area contributed by atoms with Gasteiger partial charge in [0.15, 0.2) is 18.0 Å². The van der Waals surface area contributed by atoms with Crippen molar-refractivity contribution >= 4 is 22.9 Å². The lowest BCUT2D eigenvalue weighted by Crippen LogP contribution is -2.23. The molecular weight excluding hydrogens is 346 g/mol. The number of benzene rings is 2. The quantitative estimate of drug-likeness (QED) is 0.513. The van der Waals surface area contributed by atoms with E-state index < -0.39 is 11.7 Å². The molecule has 0 aliphatic heterocycles. The number of aromatic nitrogens is 1. The Morgan fingerprint density at radius 3 is 2.67 bits per heavy atom. The number of hydrogen-bond donors (Lipinski definition) is 0. The van der Waals surface area contributed by atoms with Crippen LogP contribution in [0.25, 0.3) is 11.1 Å². The lowest BCUT2D eigenvalue weighted by Gasteiger charge is -2.16. The number of ketones is 1. The van der Waals surface area contributed by atoms with Gasteiger partial charge in [-0.05, 0) is 55.0 Å². The number of para-hydroxylation sites is 2. The molecule has 0 radical (unpaired) electrons. The van der Waals surface area contributed by atoms with Crippen molar-refractivity contribution in [1.82, 2.24) is 4.57 Å². The van der Waals surface area contributed by atoms with Gasteiger partial charge in [-0.3, -0.25) is 14.2 Å². The molecule has 3 aromatic rings. The lowest BCUT2D eigenvalue weighted by molar-refractivity contribution is -0.143. The summed E-state index contributed by atoms with van der Waals surface area (Å²) in [7, 11) is 0. The smallest absolute Gasteiger partial charge is 0.420 e. The van der Waals surface area contributed by atoms with Crippen LogP contribution >= 0.6 is 0 Å². The van der Waals surface area contributed by atoms with Gasteiger partial charge in [0.05, 0.1) is 5.52 Å². The average Bonchev–Trinajstić information content (AvgIpc) is 3.01. The molecule has 0 amide bonds. The largest absolute Gasteiger partial charge is 0.456 e. The molecule has 0 N–H and O–H groups in total. The maximum Gasteiger partial charge on any atom is 0.420 e. The number of carbonyl (C=O) groups excluding carboxylic acids is 2. The molecule has 0 bridgehead atoms. The Hall–Kier alpha value is -3.15. The zero-order valence-corrected chi connectivity index (χ0v) is 14.8. The summed E-state index contributed by atoms with van der Waals surface area (Å²) in [6, 6.07) is 12.5. The zero-order valence-electron chi connectivity index (χ0n) is 14.8. The van der Waals surface area contributed by atoms with E-state index in [0.29, 0.717) is 16.7 Å². The summed E-state index contributed by atoms with van der Waals surface area (Å²) in [5.41, 5.74) is 3.96. The molecule has 0 atom stereocenters. The summed E-state index contributed by atoms with van der Waals surface area (Å²) in [4.78, 5) is 36.3. The number of carbonyl (C=O) groups is 2. The topological polar surface area (TPSA) is 78.5 Å². The molecule has 1 heterocycles. The number of nitrogens with zero attached hydrogens (tertiary/aromatic N) is 1. The molecule has 6 heteroatoms. The summed E-state index contributed by atoms with van der Waals surface area (Å²) in [6.45, 7) is -0.643. The predicted molar refractivity (Wildman–Crippen MR) is 98.8 cm³/mol. The Morgan fingerprint density at radius 1 is 1.04 bits per heavy atom. The van der Waals surface area contributed by atoms with E-state index in [2.05, 4.69) is 0 Å². The first kappa shape index (κ1) is 17.3. The molecular formula is C21H19NO5. The highest BCUT2D eigenvalue weighted by Crippen LogP contribution is 2.22. The van der Waals surface area contributed by atoms with Crippen molar-refractivity contribution in [1.29, 1.82) is 0 Å². The Balaban J connectivity index is 1.41. The first-order valence-corrected chi connectivity index (χ1v) is 9.01. The third-order valence-electron chi connectivity index (χ3n) is 4.90. The van der Waals surface area contributed by atoms with Crippen LogP contribution in [0.3, 0.4) is 0 Å². The first-order chi connectivity index (χ1) is 13.1. The van der Waals surface area contributed by atoms with Gasteiger partial charge in [-0.15, -0.1) is 0 Å². The molecule has 27 heavy (non-hydrogen) atoms. The summed E-state index contributed by atoms with van der Waals surface area (Å²) >= 11 is 0. The number of oxazole rings is 1. The van der Waals surface area contributed by atoms with E-state index in [1.807, 2.05) is 12.1 Å². The molecule has 0 unspecified atom stereocenters. The number of aryl methyl sites for hydroxylation is 2. The summed E-state index contributed by atoms with van der Waals surface area (Å²) < 4.78 is 11.4. The molecule has 4 rings (SSSR count). The predicted octanol–water partition coefficient (Wildman–Crippen LogP) is 2.90. The number of fused-ring (bicyclic) bond motifs is 2. The van der Waals surface area contributed by atoms with Gasteiger partial charge < -0.3 is 9.15 Å². The highest BCUT2D eigenvalue weighted by molar-refractivity contribution is 5.98. The van der Waals surface area contributed by atoms with Crippen molar-refractivity contribution in [2.24, 2.45) is 0 Å². The second-order valence-corrected chi connectivity index (χ2v) is 6.70. The van der Waals surface area contributed by atoms with E-state index in [-0.39, 0.29) is 18.9 Å². The fourth-order valence-electron chi connectivity index (χ4n) is 3.47. The minimum atomic E-state index is -0.657. The van der Waals surface area contributed by atoms with E-state index in [9.17, 15) is 14.4 Å². The second-order valence-electron chi connectivity index (χ2n) is 6.70. The van der Waals surface area contributed by atoms with Gasteiger partial charge in [-0.2, -0.15) is 0 Å². The fraction of sp³-hybridized carbons (Fsp3) is 0.286. The van der Waals surface area contributed by atoms with Crippen LogP contribution in [-0.2, 0) is 28.9 Å². The maximum absolute atomic E-state index is 12.4. The van der Waals surface area contributed by atoms with Gasteiger partial charge in [0.1, 0.15) is 6.54 Å².